The van der Waals surface area contributed by atoms with Crippen LogP contribution in [0.5, 0.6) is 0 Å². The van der Waals surface area contributed by atoms with Crippen molar-refractivity contribution in [2.45, 2.75) is 12.8 Å². The Morgan fingerprint density at radius 3 is 3.12 bits per heavy atom. The second-order valence-corrected chi connectivity index (χ2v) is 4.99. The summed E-state index contributed by atoms with van der Waals surface area (Å²) in [7, 11) is 0. The number of aromatic nitrogens is 1. The van der Waals surface area contributed by atoms with E-state index >= 15 is 0 Å². The van der Waals surface area contributed by atoms with Crippen LogP contribution in [0.2, 0.25) is 0 Å². The number of halogens is 2. The highest BCUT2D eigenvalue weighted by molar-refractivity contribution is 9.10. The molecule has 1 fully saturated rings. The van der Waals surface area contributed by atoms with Gasteiger partial charge in [0.2, 0.25) is 0 Å². The van der Waals surface area contributed by atoms with Crippen LogP contribution in [0.3, 0.4) is 0 Å². The third-order valence-electron chi connectivity index (χ3n) is 2.91. The van der Waals surface area contributed by atoms with Crippen LogP contribution in [-0.2, 0) is 0 Å². The molecule has 88 valence electrons. The maximum Gasteiger partial charge on any atom is 0.166 e. The minimum atomic E-state index is -0.293. The van der Waals surface area contributed by atoms with Gasteiger partial charge in [0.25, 0.3) is 0 Å². The molecule has 0 radical (unpaired) electrons. The number of anilines is 1. The van der Waals surface area contributed by atoms with Crippen molar-refractivity contribution in [2.75, 3.05) is 24.6 Å². The van der Waals surface area contributed by atoms with E-state index in [1.165, 1.54) is 6.07 Å². The molecule has 1 aliphatic heterocycles. The zero-order valence-corrected chi connectivity index (χ0v) is 10.5. The molecule has 1 saturated heterocycles. The summed E-state index contributed by atoms with van der Waals surface area (Å²) >= 11 is 3.19. The molecule has 2 heterocycles. The summed E-state index contributed by atoms with van der Waals surface area (Å²) in [6.45, 7) is 1.80. The van der Waals surface area contributed by atoms with Crippen LogP contribution in [0, 0.1) is 11.7 Å². The molecule has 1 unspecified atom stereocenters. The Bertz CT molecular complexity index is 375. The van der Waals surface area contributed by atoms with Gasteiger partial charge in [-0.1, -0.05) is 0 Å². The molecule has 5 heteroatoms. The first kappa shape index (κ1) is 11.8. The molecule has 1 aliphatic rings. The van der Waals surface area contributed by atoms with Crippen LogP contribution >= 0.6 is 15.9 Å². The maximum atomic E-state index is 13.6. The largest absolute Gasteiger partial charge is 0.396 e. The topological polar surface area (TPSA) is 36.4 Å². The highest BCUT2D eigenvalue weighted by Crippen LogP contribution is 2.27. The van der Waals surface area contributed by atoms with Crippen molar-refractivity contribution in [3.8, 4) is 0 Å². The van der Waals surface area contributed by atoms with Gasteiger partial charge in [-0.15, -0.1) is 0 Å². The summed E-state index contributed by atoms with van der Waals surface area (Å²) in [5, 5.41) is 8.86. The van der Waals surface area contributed by atoms with Crippen molar-refractivity contribution in [1.82, 2.24) is 4.98 Å². The number of aliphatic hydroxyl groups is 1. The van der Waals surface area contributed by atoms with E-state index in [2.05, 4.69) is 20.9 Å². The fraction of sp³-hybridized carbons (Fsp3) is 0.545. The van der Waals surface area contributed by atoms with E-state index in [-0.39, 0.29) is 12.4 Å². The summed E-state index contributed by atoms with van der Waals surface area (Å²) in [5.74, 6) is 0.581. The lowest BCUT2D eigenvalue weighted by Gasteiger charge is -2.17. The second kappa shape index (κ2) is 5.10. The highest BCUT2D eigenvalue weighted by atomic mass is 79.9. The lowest BCUT2D eigenvalue weighted by atomic mass is 10.1. The fourth-order valence-electron chi connectivity index (χ4n) is 2.08. The first-order valence-electron chi connectivity index (χ1n) is 5.37. The molecule has 2 rings (SSSR count). The first-order valence-corrected chi connectivity index (χ1v) is 6.17. The van der Waals surface area contributed by atoms with Crippen LogP contribution in [0.15, 0.2) is 16.7 Å². The zero-order chi connectivity index (χ0) is 11.5. The lowest BCUT2D eigenvalue weighted by Crippen LogP contribution is -2.22. The minimum Gasteiger partial charge on any atom is -0.396 e. The summed E-state index contributed by atoms with van der Waals surface area (Å²) < 4.78 is 14.3. The third-order valence-corrected chi connectivity index (χ3v) is 3.34. The van der Waals surface area contributed by atoms with Gasteiger partial charge in [0.05, 0.1) is 0 Å². The summed E-state index contributed by atoms with van der Waals surface area (Å²) in [4.78, 5) is 6.04. The number of hydrogen-bond acceptors (Lipinski definition) is 3. The van der Waals surface area contributed by atoms with E-state index < -0.39 is 0 Å². The minimum absolute atomic E-state index is 0.203. The quantitative estimate of drug-likeness (QED) is 0.926. The van der Waals surface area contributed by atoms with Crippen LogP contribution in [-0.4, -0.2) is 29.8 Å². The molecule has 0 amide bonds. The molecular formula is C11H14BrFN2O. The van der Waals surface area contributed by atoms with Crippen molar-refractivity contribution in [3.05, 3.63) is 22.6 Å². The smallest absolute Gasteiger partial charge is 0.166 e. The number of pyridine rings is 1. The molecule has 0 spiro atoms. The molecule has 0 aromatic carbocycles. The van der Waals surface area contributed by atoms with E-state index in [9.17, 15) is 4.39 Å². The van der Waals surface area contributed by atoms with Gasteiger partial charge in [-0.2, -0.15) is 0 Å². The Labute approximate surface area is 102 Å². The standard InChI is InChI=1S/C11H14BrFN2O/c12-9-5-10(13)11(14-6-9)15-3-1-8(7-15)2-4-16/h5-6,8,16H,1-4,7H2. The number of hydrogen-bond donors (Lipinski definition) is 1. The van der Waals surface area contributed by atoms with Crippen LogP contribution in [0.25, 0.3) is 0 Å². The first-order chi connectivity index (χ1) is 7.70. The maximum absolute atomic E-state index is 13.6. The van der Waals surface area contributed by atoms with Crippen molar-refractivity contribution in [2.24, 2.45) is 5.92 Å². The van der Waals surface area contributed by atoms with Gasteiger partial charge in [-0.25, -0.2) is 9.37 Å². The normalized spacial score (nSPS) is 20.4. The van der Waals surface area contributed by atoms with E-state index in [0.717, 1.165) is 25.9 Å². The van der Waals surface area contributed by atoms with Gasteiger partial charge in [0.15, 0.2) is 11.6 Å². The third kappa shape index (κ3) is 2.52. The molecule has 1 aromatic heterocycles. The lowest BCUT2D eigenvalue weighted by molar-refractivity contribution is 0.263. The van der Waals surface area contributed by atoms with E-state index in [4.69, 9.17) is 5.11 Å². The molecule has 0 saturated carbocycles. The monoisotopic (exact) mass is 288 g/mol. The van der Waals surface area contributed by atoms with Crippen molar-refractivity contribution in [3.63, 3.8) is 0 Å². The Balaban J connectivity index is 2.08. The van der Waals surface area contributed by atoms with Crippen LogP contribution < -0.4 is 4.90 Å². The Hall–Kier alpha value is -0.680. The van der Waals surface area contributed by atoms with Gasteiger partial charge in [-0.3, -0.25) is 0 Å². The van der Waals surface area contributed by atoms with E-state index in [0.29, 0.717) is 16.2 Å². The number of nitrogens with zero attached hydrogens (tertiary/aromatic N) is 2. The Kier molecular flexibility index (Phi) is 3.76. The zero-order valence-electron chi connectivity index (χ0n) is 8.87. The number of rotatable bonds is 3. The molecular weight excluding hydrogens is 275 g/mol. The summed E-state index contributed by atoms with van der Waals surface area (Å²) in [6, 6.07) is 1.43. The van der Waals surface area contributed by atoms with Gasteiger partial charge in [-0.05, 0) is 40.8 Å². The molecule has 1 aromatic rings. The average Bonchev–Trinajstić information content (AvgIpc) is 2.67. The SMILES string of the molecule is OCCC1CCN(c2ncc(Br)cc2F)C1. The van der Waals surface area contributed by atoms with Gasteiger partial charge >= 0.3 is 0 Å². The Morgan fingerprint density at radius 2 is 2.44 bits per heavy atom. The van der Waals surface area contributed by atoms with E-state index in [1.807, 2.05) is 4.90 Å². The average molecular weight is 289 g/mol. The van der Waals surface area contributed by atoms with Crippen LogP contribution in [0.4, 0.5) is 10.2 Å². The number of aliphatic hydroxyl groups excluding tert-OH is 1. The van der Waals surface area contributed by atoms with Crippen molar-refractivity contribution < 1.29 is 9.50 Å². The van der Waals surface area contributed by atoms with Crippen molar-refractivity contribution >= 4 is 21.7 Å². The van der Waals surface area contributed by atoms with E-state index in [1.54, 1.807) is 6.20 Å². The van der Waals surface area contributed by atoms with Gasteiger partial charge < -0.3 is 10.0 Å². The Morgan fingerprint density at radius 1 is 1.62 bits per heavy atom. The fourth-order valence-corrected chi connectivity index (χ4v) is 2.39. The predicted molar refractivity (Wildman–Crippen MR) is 63.9 cm³/mol. The predicted octanol–water partition coefficient (Wildman–Crippen LogP) is 2.19. The summed E-state index contributed by atoms with van der Waals surface area (Å²) in [6.07, 6.45) is 3.39. The molecule has 1 N–H and O–H groups in total. The van der Waals surface area contributed by atoms with Crippen LogP contribution in [0.1, 0.15) is 12.8 Å². The van der Waals surface area contributed by atoms with Gasteiger partial charge in [0.1, 0.15) is 0 Å². The molecule has 3 nitrogen and oxygen atoms in total. The second-order valence-electron chi connectivity index (χ2n) is 4.07. The molecule has 0 bridgehead atoms. The highest BCUT2D eigenvalue weighted by Gasteiger charge is 2.24. The summed E-state index contributed by atoms with van der Waals surface area (Å²) in [5.41, 5.74) is 0. The molecule has 0 aliphatic carbocycles. The van der Waals surface area contributed by atoms with Gasteiger partial charge in [0, 0.05) is 30.4 Å². The molecule has 1 atom stereocenters. The molecule has 16 heavy (non-hydrogen) atoms. The van der Waals surface area contributed by atoms with Crippen molar-refractivity contribution in [1.29, 1.82) is 0 Å².